The molecule has 1 heterocycles. The van der Waals surface area contributed by atoms with Crippen LogP contribution in [0.25, 0.3) is 11.0 Å². The zero-order valence-corrected chi connectivity index (χ0v) is 23.5. The molecule has 0 unspecified atom stereocenters. The highest BCUT2D eigenvalue weighted by Crippen LogP contribution is 2.36. The topological polar surface area (TPSA) is 116 Å². The fourth-order valence-electron chi connectivity index (χ4n) is 4.42. The zero-order valence-electron chi connectivity index (χ0n) is 23.5. The number of hydrogen-bond donors (Lipinski definition) is 1. The molecule has 0 radical (unpaired) electrons. The Bertz CT molecular complexity index is 1540. The third-order valence-corrected chi connectivity index (χ3v) is 6.26. The van der Waals surface area contributed by atoms with E-state index < -0.39 is 23.4 Å². The average Bonchev–Trinajstić information content (AvgIpc) is 3.32. The maximum absolute atomic E-state index is 14.2. The summed E-state index contributed by atoms with van der Waals surface area (Å²) in [5.41, 5.74) is 2.04. The van der Waals surface area contributed by atoms with Crippen LogP contribution >= 0.6 is 0 Å². The molecule has 0 spiro atoms. The Hall–Kier alpha value is -4.73. The quantitative estimate of drug-likeness (QED) is 0.312. The van der Waals surface area contributed by atoms with Crippen LogP contribution in [-0.2, 0) is 16.1 Å². The summed E-state index contributed by atoms with van der Waals surface area (Å²) in [6.45, 7) is 6.86. The summed E-state index contributed by atoms with van der Waals surface area (Å²) in [5.74, 6) is -0.0724. The van der Waals surface area contributed by atoms with Crippen LogP contribution < -0.4 is 19.7 Å². The molecule has 1 aromatic heterocycles. The van der Waals surface area contributed by atoms with Gasteiger partial charge in [0.15, 0.2) is 5.78 Å². The minimum atomic E-state index is -1.16. The summed E-state index contributed by atoms with van der Waals surface area (Å²) >= 11 is 0. The molecule has 0 saturated heterocycles. The van der Waals surface area contributed by atoms with Gasteiger partial charge in [0, 0.05) is 22.4 Å². The summed E-state index contributed by atoms with van der Waals surface area (Å²) in [4.78, 5) is 41.7. The van der Waals surface area contributed by atoms with Gasteiger partial charge >= 0.3 is 0 Å². The first-order valence-electron chi connectivity index (χ1n) is 12.8. The molecule has 1 atom stereocenters. The van der Waals surface area contributed by atoms with Crippen molar-refractivity contribution < 1.29 is 23.9 Å². The second kappa shape index (κ2) is 11.6. The minimum Gasteiger partial charge on any atom is -0.497 e. The van der Waals surface area contributed by atoms with E-state index in [9.17, 15) is 14.4 Å². The number of Topliss-reactive ketones (excluding diaryl/α,β-unsaturated/α-hetero) is 1. The Morgan fingerprint density at radius 2 is 1.68 bits per heavy atom. The number of aromatic nitrogens is 3. The van der Waals surface area contributed by atoms with Crippen molar-refractivity contribution in [3.63, 3.8) is 0 Å². The second-order valence-corrected chi connectivity index (χ2v) is 10.4. The lowest BCUT2D eigenvalue weighted by molar-refractivity contribution is -0.128. The van der Waals surface area contributed by atoms with E-state index in [0.717, 1.165) is 0 Å². The van der Waals surface area contributed by atoms with Crippen LogP contribution in [0.1, 0.15) is 49.7 Å². The highest BCUT2D eigenvalue weighted by molar-refractivity contribution is 6.02. The van der Waals surface area contributed by atoms with E-state index in [2.05, 4.69) is 15.6 Å². The van der Waals surface area contributed by atoms with Crippen LogP contribution in [0.3, 0.4) is 0 Å². The number of para-hydroxylation sites is 1. The van der Waals surface area contributed by atoms with Crippen molar-refractivity contribution in [2.24, 2.45) is 0 Å². The first-order valence-corrected chi connectivity index (χ1v) is 12.8. The Morgan fingerprint density at radius 3 is 2.30 bits per heavy atom. The van der Waals surface area contributed by atoms with Crippen molar-refractivity contribution >= 4 is 34.3 Å². The van der Waals surface area contributed by atoms with Gasteiger partial charge in [-0.1, -0.05) is 17.3 Å². The van der Waals surface area contributed by atoms with E-state index in [0.29, 0.717) is 39.3 Å². The molecule has 0 aliphatic rings. The molecular weight excluding hydrogens is 510 g/mol. The first-order chi connectivity index (χ1) is 19.0. The number of rotatable bonds is 9. The van der Waals surface area contributed by atoms with Crippen LogP contribution in [0, 0.1) is 0 Å². The lowest BCUT2D eigenvalue weighted by Gasteiger charge is -2.34. The summed E-state index contributed by atoms with van der Waals surface area (Å²) < 4.78 is 12.6. The number of ether oxygens (including phenoxy) is 2. The van der Waals surface area contributed by atoms with E-state index in [-0.39, 0.29) is 12.3 Å². The predicted octanol–water partition coefficient (Wildman–Crippen LogP) is 4.34. The molecule has 0 bridgehead atoms. The number of fused-ring (bicyclic) bond motifs is 1. The van der Waals surface area contributed by atoms with E-state index in [1.165, 1.54) is 30.7 Å². The van der Waals surface area contributed by atoms with Gasteiger partial charge in [0.25, 0.3) is 0 Å². The zero-order chi connectivity index (χ0) is 29.0. The van der Waals surface area contributed by atoms with Gasteiger partial charge in [-0.15, -0.1) is 5.10 Å². The summed E-state index contributed by atoms with van der Waals surface area (Å²) in [5, 5.41) is 11.3. The Balaban J connectivity index is 1.91. The molecule has 3 aromatic carbocycles. The molecular formula is C30H33N5O5. The molecule has 10 nitrogen and oxygen atoms in total. The third-order valence-electron chi connectivity index (χ3n) is 6.26. The largest absolute Gasteiger partial charge is 0.497 e. The number of nitrogens with one attached hydrogen (secondary N) is 1. The highest BCUT2D eigenvalue weighted by Gasteiger charge is 2.37. The van der Waals surface area contributed by atoms with Crippen LogP contribution in [0.2, 0.25) is 0 Å². The van der Waals surface area contributed by atoms with Crippen molar-refractivity contribution in [3.8, 4) is 11.5 Å². The summed E-state index contributed by atoms with van der Waals surface area (Å²) in [6.07, 6.45) is 0. The molecule has 1 N–H and O–H groups in total. The molecule has 0 saturated carbocycles. The molecule has 2 amide bonds. The van der Waals surface area contributed by atoms with Gasteiger partial charge in [-0.25, -0.2) is 4.68 Å². The normalized spacial score (nSPS) is 12.1. The number of ketones is 1. The van der Waals surface area contributed by atoms with Gasteiger partial charge in [-0.2, -0.15) is 0 Å². The Kier molecular flexibility index (Phi) is 8.18. The van der Waals surface area contributed by atoms with Crippen LogP contribution in [0.5, 0.6) is 11.5 Å². The van der Waals surface area contributed by atoms with Crippen LogP contribution in [0.4, 0.5) is 5.69 Å². The first kappa shape index (κ1) is 28.3. The van der Waals surface area contributed by atoms with Gasteiger partial charge in [0.05, 0.1) is 19.7 Å². The maximum Gasteiger partial charge on any atom is 0.249 e. The van der Waals surface area contributed by atoms with Gasteiger partial charge in [0.2, 0.25) is 11.8 Å². The standard InChI is InChI=1S/C30H33N5O5/c1-19(36)20-11-13-21(14-12-20)35(27(37)18-34-25-10-8-7-9-24(25)32-33-34)28(29(38)31-30(2,3)4)23-17-22(39-5)15-16-26(23)40-6/h7-17,28H,18H2,1-6H3,(H,31,38)/t28-/m0/s1. The average molecular weight is 544 g/mol. The minimum absolute atomic E-state index is 0.116. The molecule has 0 fully saturated rings. The van der Waals surface area contributed by atoms with Crippen molar-refractivity contribution in [1.82, 2.24) is 20.3 Å². The van der Waals surface area contributed by atoms with Gasteiger partial charge in [-0.05, 0) is 82.3 Å². The second-order valence-electron chi connectivity index (χ2n) is 10.4. The molecule has 40 heavy (non-hydrogen) atoms. The number of carbonyl (C=O) groups excluding carboxylic acids is 3. The lowest BCUT2D eigenvalue weighted by atomic mass is 9.99. The van der Waals surface area contributed by atoms with Crippen molar-refractivity contribution in [3.05, 3.63) is 77.9 Å². The SMILES string of the molecule is COc1ccc(OC)c([C@@H](C(=O)NC(C)(C)C)N(C(=O)Cn2nnc3ccccc32)c2ccc(C(C)=O)cc2)c1. The van der Waals surface area contributed by atoms with Gasteiger partial charge in [0.1, 0.15) is 29.6 Å². The number of nitrogens with zero attached hydrogens (tertiary/aromatic N) is 4. The number of anilines is 1. The molecule has 4 aromatic rings. The van der Waals surface area contributed by atoms with Crippen LogP contribution in [0.15, 0.2) is 66.7 Å². The van der Waals surface area contributed by atoms with Gasteiger partial charge in [-0.3, -0.25) is 19.3 Å². The third kappa shape index (κ3) is 6.12. The van der Waals surface area contributed by atoms with Crippen molar-refractivity contribution in [2.45, 2.75) is 45.8 Å². The number of carbonyl (C=O) groups is 3. The Labute approximate surface area is 232 Å². The van der Waals surface area contributed by atoms with Gasteiger partial charge < -0.3 is 14.8 Å². The van der Waals surface area contributed by atoms with E-state index >= 15 is 0 Å². The van der Waals surface area contributed by atoms with E-state index in [1.54, 1.807) is 42.5 Å². The molecule has 208 valence electrons. The number of hydrogen-bond acceptors (Lipinski definition) is 7. The number of benzene rings is 3. The molecule has 4 rings (SSSR count). The van der Waals surface area contributed by atoms with E-state index in [1.807, 2.05) is 45.0 Å². The summed E-state index contributed by atoms with van der Waals surface area (Å²) in [6, 6.07) is 17.8. The fourth-order valence-corrected chi connectivity index (χ4v) is 4.42. The van der Waals surface area contributed by atoms with E-state index in [4.69, 9.17) is 9.47 Å². The molecule has 10 heteroatoms. The van der Waals surface area contributed by atoms with Crippen molar-refractivity contribution in [2.75, 3.05) is 19.1 Å². The molecule has 0 aliphatic carbocycles. The fraction of sp³-hybridized carbons (Fsp3) is 0.300. The van der Waals surface area contributed by atoms with Crippen LogP contribution in [-0.4, -0.2) is 52.3 Å². The summed E-state index contributed by atoms with van der Waals surface area (Å²) in [7, 11) is 3.02. The maximum atomic E-state index is 14.2. The monoisotopic (exact) mass is 543 g/mol. The number of methoxy groups -OCH3 is 2. The highest BCUT2D eigenvalue weighted by atomic mass is 16.5. The van der Waals surface area contributed by atoms with Crippen molar-refractivity contribution in [1.29, 1.82) is 0 Å². The lowest BCUT2D eigenvalue weighted by Crippen LogP contribution is -2.50. The Morgan fingerprint density at radius 1 is 0.975 bits per heavy atom. The molecule has 0 aliphatic heterocycles. The number of amides is 2. The predicted molar refractivity (Wildman–Crippen MR) is 152 cm³/mol. The smallest absolute Gasteiger partial charge is 0.249 e.